The van der Waals surface area contributed by atoms with Gasteiger partial charge >= 0.3 is 0 Å². The lowest BCUT2D eigenvalue weighted by molar-refractivity contribution is -0.126. The number of ether oxygens (including phenoxy) is 1. The molecular formula is C21H30ClFN2O4S. The van der Waals surface area contributed by atoms with Crippen LogP contribution in [0.15, 0.2) is 23.1 Å². The lowest BCUT2D eigenvalue weighted by Crippen LogP contribution is -2.43. The van der Waals surface area contributed by atoms with Crippen LogP contribution in [0.5, 0.6) is 0 Å². The number of sulfonamides is 1. The van der Waals surface area contributed by atoms with E-state index >= 15 is 0 Å². The van der Waals surface area contributed by atoms with Crippen LogP contribution in [0.2, 0.25) is 5.02 Å². The van der Waals surface area contributed by atoms with Gasteiger partial charge < -0.3 is 10.1 Å². The maximum atomic E-state index is 13.3. The number of carbonyl (C=O) groups excluding carboxylic acids is 1. The van der Waals surface area contributed by atoms with E-state index in [1.54, 1.807) is 0 Å². The first-order valence-electron chi connectivity index (χ1n) is 10.6. The Bertz CT molecular complexity index is 843. The molecule has 1 amide bonds. The number of nitrogens with one attached hydrogen (secondary N) is 1. The first-order valence-corrected chi connectivity index (χ1v) is 12.5. The topological polar surface area (TPSA) is 75.7 Å². The van der Waals surface area contributed by atoms with Crippen molar-refractivity contribution in [1.29, 1.82) is 0 Å². The van der Waals surface area contributed by atoms with Crippen molar-refractivity contribution in [2.24, 2.45) is 11.8 Å². The van der Waals surface area contributed by atoms with E-state index in [1.165, 1.54) is 29.6 Å². The van der Waals surface area contributed by atoms with Crippen molar-refractivity contribution in [3.05, 3.63) is 29.0 Å². The number of amides is 1. The second-order valence-corrected chi connectivity index (χ2v) is 10.6. The van der Waals surface area contributed by atoms with Gasteiger partial charge in [-0.05, 0) is 49.8 Å². The van der Waals surface area contributed by atoms with Gasteiger partial charge in [0, 0.05) is 25.6 Å². The molecule has 2 atom stereocenters. The molecule has 2 fully saturated rings. The average Bonchev–Trinajstić information content (AvgIpc) is 2.74. The first-order chi connectivity index (χ1) is 14.3. The van der Waals surface area contributed by atoms with Crippen molar-refractivity contribution in [2.75, 3.05) is 26.2 Å². The smallest absolute Gasteiger partial charge is 0.243 e. The Labute approximate surface area is 183 Å². The molecule has 1 saturated carbocycles. The van der Waals surface area contributed by atoms with Gasteiger partial charge in [0.05, 0.1) is 22.6 Å². The molecule has 1 aromatic rings. The number of benzene rings is 1. The van der Waals surface area contributed by atoms with Gasteiger partial charge in [0.15, 0.2) is 0 Å². The molecule has 0 spiro atoms. The van der Waals surface area contributed by atoms with E-state index < -0.39 is 15.8 Å². The molecule has 3 rings (SSSR count). The molecule has 6 nitrogen and oxygen atoms in total. The van der Waals surface area contributed by atoms with E-state index in [1.807, 2.05) is 0 Å². The average molecular weight is 461 g/mol. The fourth-order valence-electron chi connectivity index (χ4n) is 4.20. The van der Waals surface area contributed by atoms with Crippen LogP contribution in [0.3, 0.4) is 0 Å². The molecule has 30 heavy (non-hydrogen) atoms. The maximum Gasteiger partial charge on any atom is 0.243 e. The maximum absolute atomic E-state index is 13.3. The molecule has 1 aliphatic heterocycles. The number of halogens is 2. The number of hydrogen-bond acceptors (Lipinski definition) is 4. The number of rotatable bonds is 7. The Morgan fingerprint density at radius 2 is 1.93 bits per heavy atom. The second kappa shape index (κ2) is 10.4. The zero-order valence-electron chi connectivity index (χ0n) is 17.3. The molecule has 168 valence electrons. The third kappa shape index (κ3) is 5.72. The molecule has 1 N–H and O–H groups in total. The van der Waals surface area contributed by atoms with Crippen molar-refractivity contribution >= 4 is 27.5 Å². The Balaban J connectivity index is 1.43. The largest absolute Gasteiger partial charge is 0.376 e. The van der Waals surface area contributed by atoms with Crippen LogP contribution in [0.25, 0.3) is 0 Å². The second-order valence-electron chi connectivity index (χ2n) is 8.22. The summed E-state index contributed by atoms with van der Waals surface area (Å²) in [6.45, 7) is 3.66. The van der Waals surface area contributed by atoms with Gasteiger partial charge in [-0.3, -0.25) is 4.79 Å². The Morgan fingerprint density at radius 3 is 2.60 bits per heavy atom. The zero-order chi connectivity index (χ0) is 21.7. The molecular weight excluding hydrogens is 431 g/mol. The summed E-state index contributed by atoms with van der Waals surface area (Å²) >= 11 is 5.72. The van der Waals surface area contributed by atoms with E-state index in [0.717, 1.165) is 18.6 Å². The van der Waals surface area contributed by atoms with Gasteiger partial charge in [-0.25, -0.2) is 12.8 Å². The molecule has 1 heterocycles. The molecule has 2 unspecified atom stereocenters. The van der Waals surface area contributed by atoms with E-state index in [-0.39, 0.29) is 40.9 Å². The summed E-state index contributed by atoms with van der Waals surface area (Å²) in [4.78, 5) is 12.4. The molecule has 1 aromatic carbocycles. The van der Waals surface area contributed by atoms with E-state index in [9.17, 15) is 17.6 Å². The van der Waals surface area contributed by atoms with Crippen molar-refractivity contribution in [2.45, 2.75) is 56.4 Å². The van der Waals surface area contributed by atoms with Crippen LogP contribution < -0.4 is 5.32 Å². The standard InChI is InChI=1S/C21H30ClFN2O4S/c1-15-4-2-3-5-20(15)29-13-10-24-21(26)16-8-11-25(12-9-16)30(27,28)17-6-7-19(23)18(22)14-17/h6-7,14-16,20H,2-5,8-13H2,1H3,(H,24,26). The monoisotopic (exact) mass is 460 g/mol. The van der Waals surface area contributed by atoms with Crippen molar-refractivity contribution in [3.8, 4) is 0 Å². The van der Waals surface area contributed by atoms with Gasteiger partial charge in [0.1, 0.15) is 5.82 Å². The van der Waals surface area contributed by atoms with E-state index in [0.29, 0.717) is 31.9 Å². The van der Waals surface area contributed by atoms with Crippen molar-refractivity contribution < 1.29 is 22.3 Å². The summed E-state index contributed by atoms with van der Waals surface area (Å²) in [6, 6.07) is 3.38. The zero-order valence-corrected chi connectivity index (χ0v) is 18.9. The van der Waals surface area contributed by atoms with Crippen molar-refractivity contribution in [1.82, 2.24) is 9.62 Å². The summed E-state index contributed by atoms with van der Waals surface area (Å²) in [6.07, 6.45) is 5.92. The molecule has 1 aliphatic carbocycles. The highest BCUT2D eigenvalue weighted by molar-refractivity contribution is 7.89. The summed E-state index contributed by atoms with van der Waals surface area (Å²) in [5.74, 6) is -0.372. The predicted octanol–water partition coefficient (Wildman–Crippen LogP) is 3.59. The third-order valence-corrected chi connectivity index (χ3v) is 8.30. The van der Waals surface area contributed by atoms with Gasteiger partial charge in [0.25, 0.3) is 0 Å². The lowest BCUT2D eigenvalue weighted by atomic mass is 9.88. The normalized spacial score (nSPS) is 24.0. The minimum absolute atomic E-state index is 0.0362. The Hall–Kier alpha value is -1.22. The predicted molar refractivity (Wildman–Crippen MR) is 113 cm³/mol. The number of hydrogen-bond donors (Lipinski definition) is 1. The molecule has 0 bridgehead atoms. The van der Waals surface area contributed by atoms with E-state index in [4.69, 9.17) is 16.3 Å². The van der Waals surface area contributed by atoms with Gasteiger partial charge in [-0.2, -0.15) is 4.31 Å². The fourth-order valence-corrected chi connectivity index (χ4v) is 5.95. The van der Waals surface area contributed by atoms with Crippen LogP contribution >= 0.6 is 11.6 Å². The molecule has 0 aromatic heterocycles. The minimum Gasteiger partial charge on any atom is -0.376 e. The lowest BCUT2D eigenvalue weighted by Gasteiger charge is -2.31. The van der Waals surface area contributed by atoms with Gasteiger partial charge in [0.2, 0.25) is 15.9 Å². The summed E-state index contributed by atoms with van der Waals surface area (Å²) < 4.78 is 46.1. The van der Waals surface area contributed by atoms with Crippen molar-refractivity contribution in [3.63, 3.8) is 0 Å². The van der Waals surface area contributed by atoms with E-state index in [2.05, 4.69) is 12.2 Å². The molecule has 1 saturated heterocycles. The third-order valence-electron chi connectivity index (χ3n) is 6.12. The van der Waals surface area contributed by atoms with Crippen LogP contribution in [0.1, 0.15) is 45.4 Å². The number of nitrogens with zero attached hydrogens (tertiary/aromatic N) is 1. The van der Waals surface area contributed by atoms with Crippen LogP contribution in [0, 0.1) is 17.7 Å². The summed E-state index contributed by atoms with van der Waals surface area (Å²) in [5, 5.41) is 2.69. The highest BCUT2D eigenvalue weighted by Crippen LogP contribution is 2.27. The van der Waals surface area contributed by atoms with Crippen LogP contribution in [-0.4, -0.2) is 51.0 Å². The molecule has 9 heteroatoms. The van der Waals surface area contributed by atoms with Crippen LogP contribution in [0.4, 0.5) is 4.39 Å². The summed E-state index contributed by atoms with van der Waals surface area (Å²) in [7, 11) is -3.76. The number of carbonyl (C=O) groups is 1. The molecule has 0 radical (unpaired) electrons. The van der Waals surface area contributed by atoms with Gasteiger partial charge in [-0.1, -0.05) is 31.4 Å². The quantitative estimate of drug-likeness (QED) is 0.631. The van der Waals surface area contributed by atoms with Gasteiger partial charge in [-0.15, -0.1) is 0 Å². The summed E-state index contributed by atoms with van der Waals surface area (Å²) in [5.41, 5.74) is 0. The first kappa shape index (κ1) is 23.4. The fraction of sp³-hybridized carbons (Fsp3) is 0.667. The SMILES string of the molecule is CC1CCCCC1OCCNC(=O)C1CCN(S(=O)(=O)c2ccc(F)c(Cl)c2)CC1. The molecule has 2 aliphatic rings. The Kier molecular flexibility index (Phi) is 8.12. The Morgan fingerprint density at radius 1 is 1.23 bits per heavy atom. The highest BCUT2D eigenvalue weighted by Gasteiger charge is 2.32. The van der Waals surface area contributed by atoms with Crippen LogP contribution in [-0.2, 0) is 19.6 Å². The number of piperidine rings is 1. The minimum atomic E-state index is -3.76. The highest BCUT2D eigenvalue weighted by atomic mass is 35.5.